The largest absolute Gasteiger partial charge is 0.497 e. The molecule has 0 fully saturated rings. The highest BCUT2D eigenvalue weighted by molar-refractivity contribution is 6.13. The van der Waals surface area contributed by atoms with Gasteiger partial charge in [-0.15, -0.1) is 0 Å². The SMILES string of the molecule is COc1cc(OC)cc(C2=N/C(=C/c3ccc(OC(=O)c4cccnc4)c(OC)c3)C(=O)O2)c1. The summed E-state index contributed by atoms with van der Waals surface area (Å²) in [6, 6.07) is 13.2. The quantitative estimate of drug-likeness (QED) is 0.299. The topological polar surface area (TPSA) is 106 Å². The second-order valence-corrected chi connectivity index (χ2v) is 6.98. The minimum absolute atomic E-state index is 0.0962. The number of methoxy groups -OCH3 is 3. The molecule has 0 aliphatic carbocycles. The Bertz CT molecular complexity index is 1280. The third-order valence-corrected chi connectivity index (χ3v) is 4.81. The lowest BCUT2D eigenvalue weighted by Crippen LogP contribution is -2.09. The Morgan fingerprint density at radius 3 is 2.35 bits per heavy atom. The molecule has 0 saturated heterocycles. The monoisotopic (exact) mass is 460 g/mol. The number of hydrogen-bond acceptors (Lipinski definition) is 9. The molecule has 1 aromatic heterocycles. The fourth-order valence-corrected chi connectivity index (χ4v) is 3.12. The van der Waals surface area contributed by atoms with Gasteiger partial charge in [0, 0.05) is 24.0 Å². The van der Waals surface area contributed by atoms with Crippen LogP contribution in [0.2, 0.25) is 0 Å². The second kappa shape index (κ2) is 9.86. The first-order valence-electron chi connectivity index (χ1n) is 10.1. The number of aromatic nitrogens is 1. The summed E-state index contributed by atoms with van der Waals surface area (Å²) in [6.45, 7) is 0. The van der Waals surface area contributed by atoms with Crippen molar-refractivity contribution in [3.05, 3.63) is 83.3 Å². The maximum Gasteiger partial charge on any atom is 0.363 e. The van der Waals surface area contributed by atoms with E-state index in [4.69, 9.17) is 23.7 Å². The molecule has 0 radical (unpaired) electrons. The van der Waals surface area contributed by atoms with Gasteiger partial charge in [0.25, 0.3) is 0 Å². The van der Waals surface area contributed by atoms with E-state index in [-0.39, 0.29) is 17.3 Å². The number of carbonyl (C=O) groups excluding carboxylic acids is 2. The van der Waals surface area contributed by atoms with E-state index >= 15 is 0 Å². The summed E-state index contributed by atoms with van der Waals surface area (Å²) in [5, 5.41) is 0. The molecule has 172 valence electrons. The number of carbonyl (C=O) groups is 2. The van der Waals surface area contributed by atoms with Gasteiger partial charge in [0.05, 0.1) is 26.9 Å². The van der Waals surface area contributed by atoms with E-state index in [0.717, 1.165) is 0 Å². The highest BCUT2D eigenvalue weighted by atomic mass is 16.6. The molecule has 0 spiro atoms. The van der Waals surface area contributed by atoms with E-state index in [1.165, 1.54) is 27.5 Å². The van der Waals surface area contributed by atoms with Gasteiger partial charge in [0.1, 0.15) is 11.5 Å². The summed E-state index contributed by atoms with van der Waals surface area (Å²) in [5.41, 5.74) is 1.53. The zero-order chi connectivity index (χ0) is 24.1. The van der Waals surface area contributed by atoms with Crippen LogP contribution in [0.1, 0.15) is 21.5 Å². The maximum absolute atomic E-state index is 12.4. The van der Waals surface area contributed by atoms with E-state index in [9.17, 15) is 9.59 Å². The Kier molecular flexibility index (Phi) is 6.54. The first-order valence-corrected chi connectivity index (χ1v) is 10.1. The number of rotatable bonds is 7. The molecule has 9 heteroatoms. The van der Waals surface area contributed by atoms with Crippen LogP contribution < -0.4 is 18.9 Å². The van der Waals surface area contributed by atoms with Crippen molar-refractivity contribution in [3.63, 3.8) is 0 Å². The molecular formula is C25H20N2O7. The number of nitrogens with zero attached hydrogens (tertiary/aromatic N) is 2. The lowest BCUT2D eigenvalue weighted by atomic mass is 10.1. The first-order chi connectivity index (χ1) is 16.5. The zero-order valence-corrected chi connectivity index (χ0v) is 18.6. The van der Waals surface area contributed by atoms with Crippen LogP contribution in [0.3, 0.4) is 0 Å². The summed E-state index contributed by atoms with van der Waals surface area (Å²) in [5.74, 6) is 0.545. The van der Waals surface area contributed by atoms with Crippen LogP contribution in [0.25, 0.3) is 6.08 Å². The smallest absolute Gasteiger partial charge is 0.363 e. The van der Waals surface area contributed by atoms with Crippen molar-refractivity contribution in [1.29, 1.82) is 0 Å². The van der Waals surface area contributed by atoms with Crippen molar-refractivity contribution in [3.8, 4) is 23.0 Å². The van der Waals surface area contributed by atoms with E-state index in [2.05, 4.69) is 9.98 Å². The molecule has 34 heavy (non-hydrogen) atoms. The van der Waals surface area contributed by atoms with Gasteiger partial charge < -0.3 is 23.7 Å². The summed E-state index contributed by atoms with van der Waals surface area (Å²) < 4.78 is 26.6. The number of aliphatic imine (C=N–C) groups is 1. The molecule has 0 atom stereocenters. The minimum Gasteiger partial charge on any atom is -0.497 e. The number of ether oxygens (including phenoxy) is 5. The highest BCUT2D eigenvalue weighted by Crippen LogP contribution is 2.31. The van der Waals surface area contributed by atoms with Crippen LogP contribution in [0.4, 0.5) is 0 Å². The van der Waals surface area contributed by atoms with E-state index in [0.29, 0.717) is 33.9 Å². The van der Waals surface area contributed by atoms with Gasteiger partial charge in [-0.3, -0.25) is 4.98 Å². The molecule has 3 aromatic rings. The number of esters is 2. The molecular weight excluding hydrogens is 440 g/mol. The Balaban J connectivity index is 1.59. The number of pyridine rings is 1. The summed E-state index contributed by atoms with van der Waals surface area (Å²) in [6.07, 6.45) is 4.52. The fourth-order valence-electron chi connectivity index (χ4n) is 3.12. The number of hydrogen-bond donors (Lipinski definition) is 0. The average molecular weight is 460 g/mol. The number of cyclic esters (lactones) is 1. The van der Waals surface area contributed by atoms with Gasteiger partial charge in [0.15, 0.2) is 17.2 Å². The van der Waals surface area contributed by atoms with Crippen LogP contribution in [-0.4, -0.2) is 44.1 Å². The number of benzene rings is 2. The molecule has 4 rings (SSSR count). The molecule has 1 aliphatic rings. The van der Waals surface area contributed by atoms with Crippen molar-refractivity contribution in [2.75, 3.05) is 21.3 Å². The predicted molar refractivity (Wildman–Crippen MR) is 122 cm³/mol. The Labute approximate surface area is 195 Å². The van der Waals surface area contributed by atoms with Crippen molar-refractivity contribution < 1.29 is 33.3 Å². The third-order valence-electron chi connectivity index (χ3n) is 4.81. The molecule has 9 nitrogen and oxygen atoms in total. The van der Waals surface area contributed by atoms with Crippen LogP contribution in [0, 0.1) is 0 Å². The summed E-state index contributed by atoms with van der Waals surface area (Å²) in [4.78, 5) is 33.0. The lowest BCUT2D eigenvalue weighted by Gasteiger charge is -2.10. The third kappa shape index (κ3) is 4.88. The summed E-state index contributed by atoms with van der Waals surface area (Å²) in [7, 11) is 4.50. The van der Waals surface area contributed by atoms with Crippen LogP contribution in [0.5, 0.6) is 23.0 Å². The fraction of sp³-hybridized carbons (Fsp3) is 0.120. The van der Waals surface area contributed by atoms with Crippen molar-refractivity contribution >= 4 is 23.9 Å². The maximum atomic E-state index is 12.4. The van der Waals surface area contributed by atoms with E-state index in [1.54, 1.807) is 60.8 Å². The van der Waals surface area contributed by atoms with E-state index < -0.39 is 11.9 Å². The molecule has 0 N–H and O–H groups in total. The molecule has 0 amide bonds. The highest BCUT2D eigenvalue weighted by Gasteiger charge is 2.25. The van der Waals surface area contributed by atoms with Gasteiger partial charge in [-0.1, -0.05) is 6.07 Å². The van der Waals surface area contributed by atoms with Crippen molar-refractivity contribution in [2.24, 2.45) is 4.99 Å². The van der Waals surface area contributed by atoms with Gasteiger partial charge in [-0.2, -0.15) is 0 Å². The van der Waals surface area contributed by atoms with Crippen LogP contribution in [-0.2, 0) is 9.53 Å². The second-order valence-electron chi connectivity index (χ2n) is 6.98. The molecule has 0 bridgehead atoms. The lowest BCUT2D eigenvalue weighted by molar-refractivity contribution is -0.129. The van der Waals surface area contributed by atoms with Crippen LogP contribution >= 0.6 is 0 Å². The van der Waals surface area contributed by atoms with Crippen LogP contribution in [0.15, 0.2) is 71.6 Å². The molecule has 2 aromatic carbocycles. The zero-order valence-electron chi connectivity index (χ0n) is 18.6. The Morgan fingerprint density at radius 2 is 1.71 bits per heavy atom. The van der Waals surface area contributed by atoms with Gasteiger partial charge >= 0.3 is 11.9 Å². The van der Waals surface area contributed by atoms with Gasteiger partial charge in [-0.05, 0) is 48.0 Å². The molecule has 2 heterocycles. The first kappa shape index (κ1) is 22.5. The Hall–Kier alpha value is -4.66. The average Bonchev–Trinajstić information content (AvgIpc) is 3.24. The van der Waals surface area contributed by atoms with Crippen molar-refractivity contribution in [2.45, 2.75) is 0 Å². The van der Waals surface area contributed by atoms with E-state index in [1.807, 2.05) is 0 Å². The Morgan fingerprint density at radius 1 is 0.941 bits per heavy atom. The van der Waals surface area contributed by atoms with Crippen molar-refractivity contribution in [1.82, 2.24) is 4.98 Å². The molecule has 1 aliphatic heterocycles. The standard InChI is InChI=1S/C25H20N2O7/c1-30-18-11-17(12-19(13-18)31-2)23-27-20(25(29)34-23)9-15-6-7-21(22(10-15)32-3)33-24(28)16-5-4-8-26-14-16/h4-14H,1-3H3/b20-9+. The minimum atomic E-state index is -0.608. The molecule has 0 saturated carbocycles. The normalized spacial score (nSPS) is 13.8. The molecule has 0 unspecified atom stereocenters. The predicted octanol–water partition coefficient (Wildman–Crippen LogP) is 3.67. The van der Waals surface area contributed by atoms with Gasteiger partial charge in [0.2, 0.25) is 5.90 Å². The van der Waals surface area contributed by atoms with Gasteiger partial charge in [-0.25, -0.2) is 14.6 Å². The summed E-state index contributed by atoms with van der Waals surface area (Å²) >= 11 is 0.